The Morgan fingerprint density at radius 3 is 2.63 bits per heavy atom. The van der Waals surface area contributed by atoms with Gasteiger partial charge in [-0.25, -0.2) is 0 Å². The van der Waals surface area contributed by atoms with Crippen LogP contribution in [0.1, 0.15) is 22.6 Å². The summed E-state index contributed by atoms with van der Waals surface area (Å²) in [6.07, 6.45) is 5.31. The van der Waals surface area contributed by atoms with E-state index in [9.17, 15) is 0 Å². The molecule has 19 heavy (non-hydrogen) atoms. The molecule has 0 unspecified atom stereocenters. The number of benzene rings is 1. The van der Waals surface area contributed by atoms with Gasteiger partial charge >= 0.3 is 0 Å². The minimum Gasteiger partial charge on any atom is -0.457 e. The summed E-state index contributed by atoms with van der Waals surface area (Å²) >= 11 is 0. The van der Waals surface area contributed by atoms with Crippen molar-refractivity contribution in [2.24, 2.45) is 0 Å². The second kappa shape index (κ2) is 5.40. The van der Waals surface area contributed by atoms with Crippen molar-refractivity contribution in [3.63, 3.8) is 0 Å². The van der Waals surface area contributed by atoms with Crippen LogP contribution in [0.3, 0.4) is 0 Å². The number of nitrogens with two attached hydrogens (primary N) is 1. The molecule has 3 heteroatoms. The van der Waals surface area contributed by atoms with Crippen molar-refractivity contribution in [2.75, 3.05) is 5.73 Å². The number of furan rings is 1. The van der Waals surface area contributed by atoms with E-state index >= 15 is 0 Å². The third-order valence-electron chi connectivity index (χ3n) is 2.86. The Hall–Kier alpha value is -2.55. The van der Waals surface area contributed by atoms with Gasteiger partial charge < -0.3 is 10.2 Å². The van der Waals surface area contributed by atoms with Gasteiger partial charge in [-0.05, 0) is 13.0 Å². The molecule has 0 aliphatic carbocycles. The van der Waals surface area contributed by atoms with E-state index in [2.05, 4.69) is 6.58 Å². The monoisotopic (exact) mass is 252 g/mol. The van der Waals surface area contributed by atoms with Gasteiger partial charge in [0, 0.05) is 11.1 Å². The summed E-state index contributed by atoms with van der Waals surface area (Å²) < 4.78 is 5.62. The van der Waals surface area contributed by atoms with Gasteiger partial charge in [-0.15, -0.1) is 0 Å². The Labute approximate surface area is 112 Å². The number of hydrogen-bond donors (Lipinski definition) is 2. The molecule has 0 aliphatic heterocycles. The maximum Gasteiger partial charge on any atom is 0.176 e. The van der Waals surface area contributed by atoms with Crippen molar-refractivity contribution < 1.29 is 4.42 Å². The lowest BCUT2D eigenvalue weighted by atomic mass is 10.1. The molecule has 3 nitrogen and oxygen atoms in total. The summed E-state index contributed by atoms with van der Waals surface area (Å²) in [7, 11) is 0. The third-order valence-corrected chi connectivity index (χ3v) is 2.86. The van der Waals surface area contributed by atoms with Crippen LogP contribution in [0.5, 0.6) is 0 Å². The minimum absolute atomic E-state index is 0.291. The Kier molecular flexibility index (Phi) is 3.66. The highest BCUT2D eigenvalue weighted by molar-refractivity contribution is 6.12. The molecule has 1 aromatic carbocycles. The summed E-state index contributed by atoms with van der Waals surface area (Å²) in [5, 5.41) is 8.18. The van der Waals surface area contributed by atoms with E-state index < -0.39 is 0 Å². The van der Waals surface area contributed by atoms with Crippen molar-refractivity contribution in [2.45, 2.75) is 6.92 Å². The lowest BCUT2D eigenvalue weighted by Gasteiger charge is -2.01. The number of nitrogen functional groups attached to an aromatic ring is 1. The molecule has 0 spiro atoms. The number of rotatable bonds is 4. The van der Waals surface area contributed by atoms with Gasteiger partial charge in [-0.3, -0.25) is 5.41 Å². The van der Waals surface area contributed by atoms with Crippen LogP contribution in [-0.4, -0.2) is 5.71 Å². The highest BCUT2D eigenvalue weighted by atomic mass is 16.3. The molecule has 0 saturated carbocycles. The van der Waals surface area contributed by atoms with Crippen molar-refractivity contribution in [1.29, 1.82) is 5.41 Å². The van der Waals surface area contributed by atoms with Crippen LogP contribution in [0.4, 0.5) is 5.69 Å². The average Bonchev–Trinajstić information content (AvgIpc) is 2.72. The van der Waals surface area contributed by atoms with E-state index in [0.717, 1.165) is 11.1 Å². The van der Waals surface area contributed by atoms with Crippen LogP contribution < -0.4 is 5.73 Å². The van der Waals surface area contributed by atoms with Crippen LogP contribution in [0.2, 0.25) is 0 Å². The summed E-state index contributed by atoms with van der Waals surface area (Å²) in [5.74, 6) is 1.11. The second-order valence-corrected chi connectivity index (χ2v) is 4.15. The highest BCUT2D eigenvalue weighted by Crippen LogP contribution is 2.28. The van der Waals surface area contributed by atoms with Gasteiger partial charge in [0.2, 0.25) is 0 Å². The van der Waals surface area contributed by atoms with E-state index in [1.807, 2.05) is 43.3 Å². The first-order valence-electron chi connectivity index (χ1n) is 5.97. The van der Waals surface area contributed by atoms with Crippen LogP contribution in [0, 0.1) is 12.3 Å². The fourth-order valence-electron chi connectivity index (χ4n) is 1.87. The normalized spacial score (nSPS) is 10.8. The zero-order chi connectivity index (χ0) is 13.8. The molecule has 2 aromatic rings. The van der Waals surface area contributed by atoms with E-state index in [1.165, 1.54) is 0 Å². The third kappa shape index (κ3) is 2.50. The second-order valence-electron chi connectivity index (χ2n) is 4.15. The van der Waals surface area contributed by atoms with Crippen LogP contribution in [0.25, 0.3) is 6.08 Å². The van der Waals surface area contributed by atoms with Gasteiger partial charge in [-0.1, -0.05) is 49.1 Å². The number of nitrogens with one attached hydrogen (secondary N) is 1. The number of anilines is 1. The van der Waals surface area contributed by atoms with Gasteiger partial charge in [-0.2, -0.15) is 0 Å². The van der Waals surface area contributed by atoms with Crippen LogP contribution in [0.15, 0.2) is 53.5 Å². The standard InChI is InChI=1S/C16H16N2O/c1-3-4-10-13-11(2)19-16(15(13)18)14(17)12-8-6-5-7-9-12/h3-10,17H,1,18H2,2H3/b10-4-,17-14?. The van der Waals surface area contributed by atoms with Crippen molar-refractivity contribution in [3.05, 3.63) is 71.7 Å². The van der Waals surface area contributed by atoms with Gasteiger partial charge in [0.25, 0.3) is 0 Å². The summed E-state index contributed by atoms with van der Waals surface area (Å²) in [6, 6.07) is 9.40. The first kappa shape index (κ1) is 12.9. The molecular formula is C16H16N2O. The topological polar surface area (TPSA) is 63.0 Å². The fraction of sp³-hybridized carbons (Fsp3) is 0.0625. The molecule has 2 rings (SSSR count). The van der Waals surface area contributed by atoms with E-state index in [0.29, 0.717) is 22.9 Å². The number of aryl methyl sites for hydroxylation is 1. The Bertz CT molecular complexity index is 636. The maximum absolute atomic E-state index is 8.18. The molecule has 0 saturated heterocycles. The summed E-state index contributed by atoms with van der Waals surface area (Å²) in [6.45, 7) is 5.46. The van der Waals surface area contributed by atoms with Crippen molar-refractivity contribution in [3.8, 4) is 0 Å². The number of allylic oxidation sites excluding steroid dienone is 2. The molecule has 3 N–H and O–H groups in total. The fourth-order valence-corrected chi connectivity index (χ4v) is 1.87. The lowest BCUT2D eigenvalue weighted by molar-refractivity contribution is 0.525. The van der Waals surface area contributed by atoms with Crippen LogP contribution in [-0.2, 0) is 0 Å². The summed E-state index contributed by atoms with van der Waals surface area (Å²) in [5.41, 5.74) is 8.43. The highest BCUT2D eigenvalue weighted by Gasteiger charge is 2.17. The SMILES string of the molecule is C=C/C=C\c1c(C)oc(C(=N)c2ccccc2)c1N. The van der Waals surface area contributed by atoms with E-state index in [1.54, 1.807) is 12.2 Å². The predicted octanol–water partition coefficient (Wildman–Crippen LogP) is 3.79. The molecule has 0 aliphatic rings. The molecule has 0 fully saturated rings. The number of hydrogen-bond acceptors (Lipinski definition) is 3. The van der Waals surface area contributed by atoms with E-state index in [-0.39, 0.29) is 0 Å². The van der Waals surface area contributed by atoms with E-state index in [4.69, 9.17) is 15.6 Å². The Morgan fingerprint density at radius 2 is 2.00 bits per heavy atom. The molecule has 1 heterocycles. The molecular weight excluding hydrogens is 236 g/mol. The average molecular weight is 252 g/mol. The van der Waals surface area contributed by atoms with Crippen LogP contribution >= 0.6 is 0 Å². The van der Waals surface area contributed by atoms with Gasteiger partial charge in [0.1, 0.15) is 11.5 Å². The molecule has 1 aromatic heterocycles. The Balaban J connectivity index is 2.44. The van der Waals surface area contributed by atoms with Crippen molar-refractivity contribution in [1.82, 2.24) is 0 Å². The summed E-state index contributed by atoms with van der Waals surface area (Å²) in [4.78, 5) is 0. The maximum atomic E-state index is 8.18. The quantitative estimate of drug-likeness (QED) is 0.642. The zero-order valence-corrected chi connectivity index (χ0v) is 10.8. The molecule has 96 valence electrons. The molecule has 0 bridgehead atoms. The van der Waals surface area contributed by atoms with Gasteiger partial charge in [0.15, 0.2) is 5.76 Å². The first-order chi connectivity index (χ1) is 9.15. The minimum atomic E-state index is 0.291. The molecule has 0 atom stereocenters. The predicted molar refractivity (Wildman–Crippen MR) is 79.5 cm³/mol. The largest absolute Gasteiger partial charge is 0.457 e. The Morgan fingerprint density at radius 1 is 1.32 bits per heavy atom. The zero-order valence-electron chi connectivity index (χ0n) is 10.8. The molecule has 0 radical (unpaired) electrons. The smallest absolute Gasteiger partial charge is 0.176 e. The lowest BCUT2D eigenvalue weighted by Crippen LogP contribution is -2.03. The first-order valence-corrected chi connectivity index (χ1v) is 5.97. The van der Waals surface area contributed by atoms with Crippen molar-refractivity contribution >= 4 is 17.5 Å². The van der Waals surface area contributed by atoms with Gasteiger partial charge in [0.05, 0.1) is 5.69 Å². The molecule has 0 amide bonds.